The summed E-state index contributed by atoms with van der Waals surface area (Å²) in [6.07, 6.45) is 1.92. The second-order valence-electron chi connectivity index (χ2n) is 4.22. The fourth-order valence-corrected chi connectivity index (χ4v) is 1.69. The first-order valence-electron chi connectivity index (χ1n) is 5.76. The van der Waals surface area contributed by atoms with Crippen molar-refractivity contribution in [1.82, 2.24) is 0 Å². The molecule has 0 aliphatic rings. The number of carbonyl (C=O) groups is 1. The third kappa shape index (κ3) is 2.68. The van der Waals surface area contributed by atoms with Crippen LogP contribution in [0.15, 0.2) is 18.2 Å². The van der Waals surface area contributed by atoms with Crippen LogP contribution in [0.1, 0.15) is 49.2 Å². The molecule has 0 radical (unpaired) electrons. The van der Waals surface area contributed by atoms with Gasteiger partial charge >= 0.3 is 0 Å². The SMILES string of the molecule is CCc1ccc(CC)c(C(=O)C(C)C)c1. The number of aryl methyl sites for hydroxylation is 2. The number of Topliss-reactive ketones (excluding diaryl/α,β-unsaturated/α-hetero) is 1. The van der Waals surface area contributed by atoms with Crippen LogP contribution in [-0.2, 0) is 12.8 Å². The lowest BCUT2D eigenvalue weighted by Crippen LogP contribution is -2.10. The molecule has 82 valence electrons. The normalized spacial score (nSPS) is 10.7. The lowest BCUT2D eigenvalue weighted by Gasteiger charge is -2.11. The van der Waals surface area contributed by atoms with Gasteiger partial charge in [-0.2, -0.15) is 0 Å². The van der Waals surface area contributed by atoms with Crippen LogP contribution in [-0.4, -0.2) is 5.78 Å². The van der Waals surface area contributed by atoms with Gasteiger partial charge in [0.2, 0.25) is 0 Å². The monoisotopic (exact) mass is 204 g/mol. The van der Waals surface area contributed by atoms with Gasteiger partial charge in [0, 0.05) is 11.5 Å². The van der Waals surface area contributed by atoms with E-state index in [1.165, 1.54) is 11.1 Å². The van der Waals surface area contributed by atoms with E-state index in [4.69, 9.17) is 0 Å². The van der Waals surface area contributed by atoms with E-state index in [1.54, 1.807) is 0 Å². The summed E-state index contributed by atoms with van der Waals surface area (Å²) in [5.41, 5.74) is 3.34. The molecule has 0 aliphatic heterocycles. The van der Waals surface area contributed by atoms with E-state index in [-0.39, 0.29) is 11.7 Å². The second kappa shape index (κ2) is 5.11. The van der Waals surface area contributed by atoms with Gasteiger partial charge < -0.3 is 0 Å². The molecule has 0 saturated carbocycles. The fraction of sp³-hybridized carbons (Fsp3) is 0.500. The summed E-state index contributed by atoms with van der Waals surface area (Å²) in [4.78, 5) is 12.0. The average Bonchev–Trinajstić information content (AvgIpc) is 2.27. The maximum Gasteiger partial charge on any atom is 0.165 e. The minimum Gasteiger partial charge on any atom is -0.294 e. The maximum absolute atomic E-state index is 12.0. The van der Waals surface area contributed by atoms with Crippen LogP contribution >= 0.6 is 0 Å². The van der Waals surface area contributed by atoms with Crippen molar-refractivity contribution in [3.8, 4) is 0 Å². The molecule has 0 heterocycles. The first-order valence-corrected chi connectivity index (χ1v) is 5.76. The molecular formula is C14H20O. The van der Waals surface area contributed by atoms with Gasteiger partial charge in [-0.15, -0.1) is 0 Å². The Morgan fingerprint density at radius 1 is 1.20 bits per heavy atom. The topological polar surface area (TPSA) is 17.1 Å². The van der Waals surface area contributed by atoms with E-state index in [2.05, 4.69) is 32.0 Å². The van der Waals surface area contributed by atoms with Crippen LogP contribution < -0.4 is 0 Å². The summed E-state index contributed by atoms with van der Waals surface area (Å²) in [5.74, 6) is 0.351. The van der Waals surface area contributed by atoms with Gasteiger partial charge in [0.1, 0.15) is 0 Å². The Hall–Kier alpha value is -1.11. The van der Waals surface area contributed by atoms with E-state index in [0.717, 1.165) is 18.4 Å². The van der Waals surface area contributed by atoms with Crippen LogP contribution in [0, 0.1) is 5.92 Å². The Labute approximate surface area is 92.5 Å². The van der Waals surface area contributed by atoms with E-state index in [0.29, 0.717) is 0 Å². The number of hydrogen-bond donors (Lipinski definition) is 0. The van der Waals surface area contributed by atoms with Crippen molar-refractivity contribution in [2.45, 2.75) is 40.5 Å². The summed E-state index contributed by atoms with van der Waals surface area (Å²) in [7, 11) is 0. The number of hydrogen-bond acceptors (Lipinski definition) is 1. The molecule has 0 N–H and O–H groups in total. The van der Waals surface area contributed by atoms with Crippen molar-refractivity contribution in [1.29, 1.82) is 0 Å². The van der Waals surface area contributed by atoms with Gasteiger partial charge in [0.15, 0.2) is 5.78 Å². The zero-order valence-electron chi connectivity index (χ0n) is 10.1. The molecule has 0 amide bonds. The first kappa shape index (κ1) is 12.0. The van der Waals surface area contributed by atoms with E-state index < -0.39 is 0 Å². The van der Waals surface area contributed by atoms with Gasteiger partial charge in [-0.1, -0.05) is 39.8 Å². The predicted molar refractivity (Wildman–Crippen MR) is 64.4 cm³/mol. The Balaban J connectivity index is 3.17. The minimum atomic E-state index is 0.0856. The second-order valence-corrected chi connectivity index (χ2v) is 4.22. The number of benzene rings is 1. The summed E-state index contributed by atoms with van der Waals surface area (Å²) < 4.78 is 0. The fourth-order valence-electron chi connectivity index (χ4n) is 1.69. The van der Waals surface area contributed by atoms with Gasteiger partial charge in [0.25, 0.3) is 0 Å². The molecule has 15 heavy (non-hydrogen) atoms. The summed E-state index contributed by atoms with van der Waals surface area (Å²) in [6.45, 7) is 8.13. The van der Waals surface area contributed by atoms with Gasteiger partial charge in [-0.05, 0) is 30.0 Å². The molecule has 0 fully saturated rings. The number of ketones is 1. The molecule has 0 bridgehead atoms. The highest BCUT2D eigenvalue weighted by atomic mass is 16.1. The first-order chi connectivity index (χ1) is 7.10. The molecule has 0 unspecified atom stereocenters. The molecule has 0 aromatic heterocycles. The molecule has 0 atom stereocenters. The molecule has 1 aromatic carbocycles. The third-order valence-corrected chi connectivity index (χ3v) is 2.75. The standard InChI is InChI=1S/C14H20O/c1-5-11-7-8-12(6-2)13(9-11)14(15)10(3)4/h7-10H,5-6H2,1-4H3. The minimum absolute atomic E-state index is 0.0856. The van der Waals surface area contributed by atoms with Crippen LogP contribution in [0.2, 0.25) is 0 Å². The van der Waals surface area contributed by atoms with Crippen molar-refractivity contribution < 1.29 is 4.79 Å². The van der Waals surface area contributed by atoms with Crippen molar-refractivity contribution in [3.05, 3.63) is 34.9 Å². The quantitative estimate of drug-likeness (QED) is 0.684. The molecule has 1 heteroatoms. The highest BCUT2D eigenvalue weighted by molar-refractivity contribution is 5.98. The molecule has 0 saturated heterocycles. The molecular weight excluding hydrogens is 184 g/mol. The van der Waals surface area contributed by atoms with Crippen molar-refractivity contribution in [2.75, 3.05) is 0 Å². The van der Waals surface area contributed by atoms with Crippen LogP contribution in [0.4, 0.5) is 0 Å². The molecule has 1 rings (SSSR count). The Morgan fingerprint density at radius 3 is 2.33 bits per heavy atom. The molecule has 0 spiro atoms. The van der Waals surface area contributed by atoms with E-state index in [9.17, 15) is 4.79 Å². The summed E-state index contributed by atoms with van der Waals surface area (Å²) in [5, 5.41) is 0. The maximum atomic E-state index is 12.0. The largest absolute Gasteiger partial charge is 0.294 e. The molecule has 0 aliphatic carbocycles. The van der Waals surface area contributed by atoms with Crippen molar-refractivity contribution in [3.63, 3.8) is 0 Å². The highest BCUT2D eigenvalue weighted by Gasteiger charge is 2.14. The zero-order chi connectivity index (χ0) is 11.4. The van der Waals surface area contributed by atoms with E-state index >= 15 is 0 Å². The van der Waals surface area contributed by atoms with Crippen molar-refractivity contribution >= 4 is 5.78 Å². The van der Waals surface area contributed by atoms with Crippen LogP contribution in [0.5, 0.6) is 0 Å². The molecule has 1 aromatic rings. The summed E-state index contributed by atoms with van der Waals surface area (Å²) in [6, 6.07) is 6.27. The Bertz CT molecular complexity index is 350. The van der Waals surface area contributed by atoms with Crippen LogP contribution in [0.25, 0.3) is 0 Å². The van der Waals surface area contributed by atoms with Gasteiger partial charge in [-0.25, -0.2) is 0 Å². The lowest BCUT2D eigenvalue weighted by molar-refractivity contribution is 0.0938. The third-order valence-electron chi connectivity index (χ3n) is 2.75. The molecule has 1 nitrogen and oxygen atoms in total. The smallest absolute Gasteiger partial charge is 0.165 e. The Morgan fingerprint density at radius 2 is 1.87 bits per heavy atom. The van der Waals surface area contributed by atoms with Crippen molar-refractivity contribution in [2.24, 2.45) is 5.92 Å². The lowest BCUT2D eigenvalue weighted by atomic mass is 9.93. The predicted octanol–water partition coefficient (Wildman–Crippen LogP) is 3.65. The average molecular weight is 204 g/mol. The number of rotatable bonds is 4. The zero-order valence-corrected chi connectivity index (χ0v) is 10.1. The van der Waals surface area contributed by atoms with Crippen LogP contribution in [0.3, 0.4) is 0 Å². The number of carbonyl (C=O) groups excluding carboxylic acids is 1. The van der Waals surface area contributed by atoms with Gasteiger partial charge in [-0.3, -0.25) is 4.79 Å². The highest BCUT2D eigenvalue weighted by Crippen LogP contribution is 2.17. The van der Waals surface area contributed by atoms with Gasteiger partial charge in [0.05, 0.1) is 0 Å². The van der Waals surface area contributed by atoms with E-state index in [1.807, 2.05) is 13.8 Å². The summed E-state index contributed by atoms with van der Waals surface area (Å²) >= 11 is 0. The Kier molecular flexibility index (Phi) is 4.07.